The Morgan fingerprint density at radius 3 is 1.55 bits per heavy atom. The van der Waals surface area contributed by atoms with Gasteiger partial charge in [-0.1, -0.05) is 84.9 Å². The Morgan fingerprint density at radius 2 is 1.10 bits per heavy atom. The van der Waals surface area contributed by atoms with Crippen molar-refractivity contribution in [1.82, 2.24) is 4.90 Å². The van der Waals surface area contributed by atoms with E-state index < -0.39 is 11.8 Å². The molecule has 5 rings (SSSR count). The van der Waals surface area contributed by atoms with Crippen LogP contribution in [0.25, 0.3) is 0 Å². The van der Waals surface area contributed by atoms with Crippen molar-refractivity contribution < 1.29 is 14.0 Å². The first-order valence-electron chi connectivity index (χ1n) is 10.5. The number of carbonyl (C=O) groups is 2. The normalized spacial score (nSPS) is 25.0. The van der Waals surface area contributed by atoms with Crippen LogP contribution >= 0.6 is 0 Å². The van der Waals surface area contributed by atoms with E-state index in [0.717, 1.165) is 16.7 Å². The van der Waals surface area contributed by atoms with Gasteiger partial charge < -0.3 is 0 Å². The summed E-state index contributed by atoms with van der Waals surface area (Å²) >= 11 is 0. The zero-order valence-electron chi connectivity index (χ0n) is 16.9. The van der Waals surface area contributed by atoms with Gasteiger partial charge in [-0.05, 0) is 28.8 Å². The lowest BCUT2D eigenvalue weighted by atomic mass is 9.68. The van der Waals surface area contributed by atoms with Crippen LogP contribution in [0.4, 0.5) is 4.39 Å². The molecule has 2 amide bonds. The lowest BCUT2D eigenvalue weighted by molar-refractivity contribution is -0.140. The zero-order valence-corrected chi connectivity index (χ0v) is 16.9. The number of halogens is 1. The lowest BCUT2D eigenvalue weighted by Gasteiger charge is -2.32. The molecule has 1 heterocycles. The number of benzene rings is 3. The maximum absolute atomic E-state index is 13.6. The summed E-state index contributed by atoms with van der Waals surface area (Å²) < 4.78 is 13.3. The van der Waals surface area contributed by atoms with Gasteiger partial charge in [0.2, 0.25) is 11.8 Å². The molecule has 0 saturated carbocycles. The predicted molar refractivity (Wildman–Crippen MR) is 116 cm³/mol. The van der Waals surface area contributed by atoms with Gasteiger partial charge >= 0.3 is 0 Å². The summed E-state index contributed by atoms with van der Waals surface area (Å²) in [6.07, 6.45) is 4.17. The van der Waals surface area contributed by atoms with E-state index in [9.17, 15) is 14.0 Å². The van der Waals surface area contributed by atoms with Crippen molar-refractivity contribution in [1.29, 1.82) is 0 Å². The van der Waals surface area contributed by atoms with Crippen molar-refractivity contribution in [2.24, 2.45) is 11.8 Å². The summed E-state index contributed by atoms with van der Waals surface area (Å²) in [6.45, 7) is 0.161. The fraction of sp³-hybridized carbons (Fsp3) is 0.185. The molecule has 0 aromatic heterocycles. The van der Waals surface area contributed by atoms with Crippen LogP contribution in [0.1, 0.15) is 28.5 Å². The second kappa shape index (κ2) is 7.95. The van der Waals surface area contributed by atoms with E-state index in [-0.39, 0.29) is 36.0 Å². The van der Waals surface area contributed by atoms with Crippen molar-refractivity contribution in [2.45, 2.75) is 18.4 Å². The third kappa shape index (κ3) is 3.48. The van der Waals surface area contributed by atoms with Crippen LogP contribution in [-0.4, -0.2) is 16.7 Å². The standard InChI is InChI=1S/C27H22FNO2/c28-21-13-11-18(12-14-21)17-29-26(30)24-22(19-7-3-1-4-8-19)15-16-23(25(24)27(29)31)20-9-5-2-6-10-20/h1-16,22-25H,17H2/t22-,23-,24+,25+/m1/s1. The summed E-state index contributed by atoms with van der Waals surface area (Å²) in [6, 6.07) is 25.7. The van der Waals surface area contributed by atoms with Crippen molar-refractivity contribution in [2.75, 3.05) is 0 Å². The summed E-state index contributed by atoms with van der Waals surface area (Å²) in [5.41, 5.74) is 2.80. The molecule has 0 bridgehead atoms. The molecule has 154 valence electrons. The Kier molecular flexibility index (Phi) is 4.99. The Morgan fingerprint density at radius 1 is 0.645 bits per heavy atom. The highest BCUT2D eigenvalue weighted by molar-refractivity contribution is 6.06. The minimum absolute atomic E-state index is 0.152. The summed E-state index contributed by atoms with van der Waals surface area (Å²) in [4.78, 5) is 28.5. The average molecular weight is 411 g/mol. The molecule has 1 saturated heterocycles. The molecule has 1 aliphatic heterocycles. The minimum atomic E-state index is -0.453. The number of imide groups is 1. The molecule has 3 aromatic carbocycles. The average Bonchev–Trinajstić information content (AvgIpc) is 3.06. The van der Waals surface area contributed by atoms with E-state index in [2.05, 4.69) is 12.2 Å². The highest BCUT2D eigenvalue weighted by Gasteiger charge is 2.54. The Balaban J connectivity index is 1.55. The quantitative estimate of drug-likeness (QED) is 0.444. The van der Waals surface area contributed by atoms with Gasteiger partial charge in [-0.15, -0.1) is 0 Å². The van der Waals surface area contributed by atoms with Crippen LogP contribution in [-0.2, 0) is 16.1 Å². The molecule has 3 nitrogen and oxygen atoms in total. The molecule has 31 heavy (non-hydrogen) atoms. The number of allylic oxidation sites excluding steroid dienone is 2. The molecule has 1 aliphatic carbocycles. The fourth-order valence-corrected chi connectivity index (χ4v) is 4.92. The zero-order chi connectivity index (χ0) is 21.4. The molecule has 0 spiro atoms. The Hall–Kier alpha value is -3.53. The van der Waals surface area contributed by atoms with Gasteiger partial charge in [-0.25, -0.2) is 4.39 Å². The maximum Gasteiger partial charge on any atom is 0.234 e. The molecule has 2 aliphatic rings. The molecule has 3 aromatic rings. The van der Waals surface area contributed by atoms with Crippen LogP contribution in [0, 0.1) is 17.7 Å². The molecule has 0 unspecified atom stereocenters. The van der Waals surface area contributed by atoms with Crippen molar-refractivity contribution in [3.05, 3.63) is 120 Å². The van der Waals surface area contributed by atoms with E-state index in [1.165, 1.54) is 17.0 Å². The largest absolute Gasteiger partial charge is 0.278 e. The van der Waals surface area contributed by atoms with E-state index >= 15 is 0 Å². The van der Waals surface area contributed by atoms with Gasteiger partial charge in [-0.3, -0.25) is 14.5 Å². The first kappa shape index (κ1) is 19.4. The highest BCUT2D eigenvalue weighted by atomic mass is 19.1. The molecular formula is C27H22FNO2. The van der Waals surface area contributed by atoms with Gasteiger partial charge in [0, 0.05) is 11.8 Å². The van der Waals surface area contributed by atoms with Crippen molar-refractivity contribution in [3.63, 3.8) is 0 Å². The third-order valence-electron chi connectivity index (χ3n) is 6.41. The predicted octanol–water partition coefficient (Wildman–Crippen LogP) is 5.06. The third-order valence-corrected chi connectivity index (χ3v) is 6.41. The molecule has 4 heteroatoms. The van der Waals surface area contributed by atoms with Gasteiger partial charge in [-0.2, -0.15) is 0 Å². The first-order valence-corrected chi connectivity index (χ1v) is 10.5. The molecule has 1 fully saturated rings. The molecule has 0 N–H and O–H groups in total. The van der Waals surface area contributed by atoms with Gasteiger partial charge in [0.15, 0.2) is 0 Å². The monoisotopic (exact) mass is 411 g/mol. The topological polar surface area (TPSA) is 37.4 Å². The number of carbonyl (C=O) groups excluding carboxylic acids is 2. The maximum atomic E-state index is 13.6. The Labute approximate surface area is 180 Å². The number of fused-ring (bicyclic) bond motifs is 1. The van der Waals surface area contributed by atoms with Gasteiger partial charge in [0.25, 0.3) is 0 Å². The van der Waals surface area contributed by atoms with Crippen LogP contribution in [0.5, 0.6) is 0 Å². The number of rotatable bonds is 4. The van der Waals surface area contributed by atoms with E-state index in [1.54, 1.807) is 12.1 Å². The van der Waals surface area contributed by atoms with E-state index in [4.69, 9.17) is 0 Å². The SMILES string of the molecule is O=C1[C@@H]2[C@@H](C(=O)N1Cc1ccc(F)cc1)[C@@H](c1ccccc1)C=C[C@@H]2c1ccccc1. The first-order chi connectivity index (χ1) is 15.1. The second-order valence-corrected chi connectivity index (χ2v) is 8.20. The smallest absolute Gasteiger partial charge is 0.234 e. The number of hydrogen-bond donors (Lipinski definition) is 0. The van der Waals surface area contributed by atoms with Crippen LogP contribution < -0.4 is 0 Å². The second-order valence-electron chi connectivity index (χ2n) is 8.20. The summed E-state index contributed by atoms with van der Waals surface area (Å²) in [5, 5.41) is 0. The number of likely N-dealkylation sites (tertiary alicyclic amines) is 1. The molecule has 0 radical (unpaired) electrons. The van der Waals surface area contributed by atoms with Crippen LogP contribution in [0.15, 0.2) is 97.1 Å². The fourth-order valence-electron chi connectivity index (χ4n) is 4.92. The molecule has 4 atom stereocenters. The van der Waals surface area contributed by atoms with Crippen molar-refractivity contribution in [3.8, 4) is 0 Å². The summed E-state index contributed by atoms with van der Waals surface area (Å²) in [5.74, 6) is -1.86. The number of amides is 2. The van der Waals surface area contributed by atoms with E-state index in [1.807, 2.05) is 60.7 Å². The molecular weight excluding hydrogens is 389 g/mol. The Bertz CT molecular complexity index is 1060. The van der Waals surface area contributed by atoms with Gasteiger partial charge in [0.1, 0.15) is 5.82 Å². The minimum Gasteiger partial charge on any atom is -0.278 e. The number of nitrogens with zero attached hydrogens (tertiary/aromatic N) is 1. The van der Waals surface area contributed by atoms with Crippen LogP contribution in [0.3, 0.4) is 0 Å². The van der Waals surface area contributed by atoms with E-state index in [0.29, 0.717) is 0 Å². The van der Waals surface area contributed by atoms with Crippen LogP contribution in [0.2, 0.25) is 0 Å². The lowest BCUT2D eigenvalue weighted by Crippen LogP contribution is -2.31. The van der Waals surface area contributed by atoms with Gasteiger partial charge in [0.05, 0.1) is 18.4 Å². The highest BCUT2D eigenvalue weighted by Crippen LogP contribution is 2.49. The summed E-state index contributed by atoms with van der Waals surface area (Å²) in [7, 11) is 0. The van der Waals surface area contributed by atoms with Crippen molar-refractivity contribution >= 4 is 11.8 Å². The number of hydrogen-bond acceptors (Lipinski definition) is 2.